The molecule has 0 aliphatic carbocycles. The third-order valence-corrected chi connectivity index (χ3v) is 5.52. The first-order valence-electron chi connectivity index (χ1n) is 3.54. The summed E-state index contributed by atoms with van der Waals surface area (Å²) >= 11 is 0. The molecule has 11 heteroatoms. The number of hydrogen-bond donors (Lipinski definition) is 6. The van der Waals surface area contributed by atoms with Crippen molar-refractivity contribution in [3.05, 3.63) is 0 Å². The van der Waals surface area contributed by atoms with Crippen molar-refractivity contribution in [3.8, 4) is 0 Å². The van der Waals surface area contributed by atoms with Crippen molar-refractivity contribution in [2.24, 2.45) is 0 Å². The van der Waals surface area contributed by atoms with Gasteiger partial charge in [-0.3, -0.25) is 9.13 Å². The Morgan fingerprint density at radius 3 is 1.67 bits per heavy atom. The van der Waals surface area contributed by atoms with E-state index in [1.165, 1.54) is 7.05 Å². The maximum atomic E-state index is 10.7. The van der Waals surface area contributed by atoms with E-state index in [1.54, 1.807) is 0 Å². The molecule has 6 N–H and O–H groups in total. The molecule has 0 aliphatic rings. The first-order valence-corrected chi connectivity index (χ1v) is 6.77. The van der Waals surface area contributed by atoms with Crippen molar-refractivity contribution in [2.45, 2.75) is 11.5 Å². The predicted octanol–water partition coefficient (Wildman–Crippen LogP) is -0.981. The van der Waals surface area contributed by atoms with Gasteiger partial charge in [0, 0.05) is 6.42 Å². The minimum absolute atomic E-state index is 0. The van der Waals surface area contributed by atoms with Crippen LogP contribution in [0.1, 0.15) is 6.42 Å². The second kappa shape index (κ2) is 5.72. The monoisotopic (exact) mass is 285 g/mol. The summed E-state index contributed by atoms with van der Waals surface area (Å²) in [6.45, 7) is -0.132. The Balaban J connectivity index is 0. The maximum absolute atomic E-state index is 10.7. The van der Waals surface area contributed by atoms with E-state index in [2.05, 4.69) is 5.32 Å². The summed E-state index contributed by atoms with van der Waals surface area (Å²) in [4.78, 5) is 34.6. The van der Waals surface area contributed by atoms with Crippen LogP contribution in [0.15, 0.2) is 0 Å². The van der Waals surface area contributed by atoms with E-state index in [0.717, 1.165) is 0 Å². The van der Waals surface area contributed by atoms with Crippen molar-refractivity contribution >= 4 is 27.6 Å². The highest BCUT2D eigenvalue weighted by Crippen LogP contribution is 2.68. The van der Waals surface area contributed by atoms with Gasteiger partial charge in [-0.05, 0) is 13.6 Å². The van der Waals surface area contributed by atoms with Gasteiger partial charge in [0.05, 0.1) is 0 Å². The molecule has 0 aromatic carbocycles. The van der Waals surface area contributed by atoms with E-state index >= 15 is 0 Å². The van der Waals surface area contributed by atoms with Crippen molar-refractivity contribution in [1.82, 2.24) is 5.32 Å². The van der Waals surface area contributed by atoms with Gasteiger partial charge < -0.3 is 30.0 Å². The van der Waals surface area contributed by atoms with Gasteiger partial charge in [-0.1, -0.05) is 0 Å². The summed E-state index contributed by atoms with van der Waals surface area (Å²) < 4.78 is 21.5. The van der Waals surface area contributed by atoms with Gasteiger partial charge >= 0.3 is 15.2 Å². The fourth-order valence-corrected chi connectivity index (χ4v) is 2.92. The summed E-state index contributed by atoms with van der Waals surface area (Å²) in [5, 5.41) is 8.37. The van der Waals surface area contributed by atoms with E-state index in [1.807, 2.05) is 0 Å². The van der Waals surface area contributed by atoms with Gasteiger partial charge in [-0.25, -0.2) is 0 Å². The van der Waals surface area contributed by atoms with Gasteiger partial charge in [0.25, 0.3) is 5.08 Å². The molecule has 0 unspecified atom stereocenters. The highest BCUT2D eigenvalue weighted by atomic mass is 35.5. The van der Waals surface area contributed by atoms with Crippen LogP contribution in [0, 0.1) is 0 Å². The minimum Gasteiger partial charge on any atom is -0.367 e. The van der Waals surface area contributed by atoms with Crippen LogP contribution in [0.2, 0.25) is 0 Å². The number of aliphatic hydroxyl groups is 1. The molecule has 0 radical (unpaired) electrons. The fourth-order valence-electron chi connectivity index (χ4n) is 0.754. The standard InChI is InChI=1S/C4H13NO7P2.ClH/c1-5-3-2-4(6,13(7,8)9)14(10,11)12;/h5-6H,2-3H2,1H3,(H2,7,8,9)(H2,10,11,12);1H. The first kappa shape index (κ1) is 17.9. The predicted molar refractivity (Wildman–Crippen MR) is 54.8 cm³/mol. The zero-order chi connectivity index (χ0) is 11.6. The second-order valence-corrected chi connectivity index (χ2v) is 6.72. The molecular weight excluding hydrogens is 271 g/mol. The molecule has 0 saturated heterocycles. The van der Waals surface area contributed by atoms with Gasteiger partial charge in [0.2, 0.25) is 0 Å². The van der Waals surface area contributed by atoms with Crippen LogP contribution in [-0.2, 0) is 9.13 Å². The summed E-state index contributed by atoms with van der Waals surface area (Å²) in [5.74, 6) is 0. The third kappa shape index (κ3) is 4.11. The average Bonchev–Trinajstić information content (AvgIpc) is 1.95. The smallest absolute Gasteiger partial charge is 0.367 e. The van der Waals surface area contributed by atoms with E-state index in [9.17, 15) is 14.2 Å². The molecule has 0 aliphatic heterocycles. The van der Waals surface area contributed by atoms with Crippen LogP contribution >= 0.6 is 27.6 Å². The highest BCUT2D eigenvalue weighted by molar-refractivity contribution is 7.72. The largest absolute Gasteiger partial charge is 0.369 e. The summed E-state index contributed by atoms with van der Waals surface area (Å²) in [7, 11) is -9.16. The van der Waals surface area contributed by atoms with Crippen LogP contribution in [0.4, 0.5) is 0 Å². The molecular formula is C4H14ClNO7P2. The Morgan fingerprint density at radius 2 is 1.47 bits per heavy atom. The lowest BCUT2D eigenvalue weighted by Gasteiger charge is -2.28. The van der Waals surface area contributed by atoms with Crippen molar-refractivity contribution in [1.29, 1.82) is 0 Å². The second-order valence-electron chi connectivity index (χ2n) is 2.72. The van der Waals surface area contributed by atoms with E-state index in [4.69, 9.17) is 19.6 Å². The number of halogens is 1. The molecule has 0 amide bonds. The van der Waals surface area contributed by atoms with Gasteiger partial charge in [0.1, 0.15) is 0 Å². The number of nitrogens with one attached hydrogen (secondary N) is 1. The Kier molecular flexibility index (Phi) is 6.83. The van der Waals surface area contributed by atoms with Crippen molar-refractivity contribution < 1.29 is 33.8 Å². The van der Waals surface area contributed by atoms with Crippen LogP contribution in [0.3, 0.4) is 0 Å². The summed E-state index contributed by atoms with van der Waals surface area (Å²) in [5.41, 5.74) is 0. The molecule has 0 bridgehead atoms. The van der Waals surface area contributed by atoms with Gasteiger partial charge in [-0.15, -0.1) is 12.4 Å². The first-order chi connectivity index (χ1) is 6.06. The Labute approximate surface area is 92.4 Å². The highest BCUT2D eigenvalue weighted by Gasteiger charge is 2.58. The minimum atomic E-state index is -5.29. The molecule has 0 fully saturated rings. The van der Waals surface area contributed by atoms with Gasteiger partial charge in [0.15, 0.2) is 0 Å². The maximum Gasteiger partial charge on any atom is 0.369 e. The Bertz CT molecular complexity index is 263. The van der Waals surface area contributed by atoms with Crippen LogP contribution in [0.5, 0.6) is 0 Å². The lowest BCUT2D eigenvalue weighted by Crippen LogP contribution is -2.32. The topological polar surface area (TPSA) is 147 Å². The zero-order valence-corrected chi connectivity index (χ0v) is 10.4. The molecule has 0 aromatic heterocycles. The fraction of sp³-hybridized carbons (Fsp3) is 1.00. The molecule has 0 aromatic rings. The molecule has 0 saturated carbocycles. The van der Waals surface area contributed by atoms with E-state index in [0.29, 0.717) is 0 Å². The number of hydrogen-bond acceptors (Lipinski definition) is 4. The molecule has 94 valence electrons. The van der Waals surface area contributed by atoms with Crippen LogP contribution in [-0.4, -0.2) is 43.4 Å². The van der Waals surface area contributed by atoms with Crippen LogP contribution < -0.4 is 5.32 Å². The van der Waals surface area contributed by atoms with Crippen molar-refractivity contribution in [3.63, 3.8) is 0 Å². The lowest BCUT2D eigenvalue weighted by atomic mass is 10.4. The van der Waals surface area contributed by atoms with Crippen LogP contribution in [0.25, 0.3) is 0 Å². The van der Waals surface area contributed by atoms with E-state index < -0.39 is 26.7 Å². The molecule has 8 nitrogen and oxygen atoms in total. The molecule has 0 heterocycles. The quantitative estimate of drug-likeness (QED) is 0.353. The van der Waals surface area contributed by atoms with Crippen molar-refractivity contribution in [2.75, 3.05) is 13.6 Å². The summed E-state index contributed by atoms with van der Waals surface area (Å²) in [6.07, 6.45) is -0.738. The molecule has 15 heavy (non-hydrogen) atoms. The molecule has 0 rings (SSSR count). The molecule has 0 atom stereocenters. The Morgan fingerprint density at radius 1 is 1.13 bits per heavy atom. The summed E-state index contributed by atoms with van der Waals surface area (Å²) in [6, 6.07) is 0. The normalized spacial score (nSPS) is 13.5. The average molecular weight is 286 g/mol. The Hall–Kier alpha value is 0.510. The third-order valence-electron chi connectivity index (χ3n) is 1.64. The van der Waals surface area contributed by atoms with E-state index in [-0.39, 0.29) is 19.0 Å². The molecule has 0 spiro atoms. The number of rotatable bonds is 5. The zero-order valence-electron chi connectivity index (χ0n) is 7.77. The lowest BCUT2D eigenvalue weighted by molar-refractivity contribution is 0.123. The van der Waals surface area contributed by atoms with Gasteiger partial charge in [-0.2, -0.15) is 0 Å². The SMILES string of the molecule is CNCCC(O)(P(=O)(O)O)P(=O)(O)O.Cl.